The first-order valence-electron chi connectivity index (χ1n) is 9.53. The molecular weight excluding hydrogens is 380 g/mol. The maximum Gasteiger partial charge on any atom is 0.326 e. The Kier molecular flexibility index (Phi) is 7.27. The summed E-state index contributed by atoms with van der Waals surface area (Å²) in [6.07, 6.45) is 0. The van der Waals surface area contributed by atoms with Gasteiger partial charge in [0.15, 0.2) is 0 Å². The zero-order valence-corrected chi connectivity index (χ0v) is 16.7. The van der Waals surface area contributed by atoms with E-state index in [-0.39, 0.29) is 18.6 Å². The summed E-state index contributed by atoms with van der Waals surface area (Å²) in [6, 6.07) is 25.0. The number of urea groups is 2. The number of carbonyl (C=O) groups is 2. The summed E-state index contributed by atoms with van der Waals surface area (Å²) < 4.78 is 5.15. The Hall–Kier alpha value is -4.00. The summed E-state index contributed by atoms with van der Waals surface area (Å²) in [6.45, 7) is 0.571. The monoisotopic (exact) mass is 404 g/mol. The number of hydrogen-bond acceptors (Lipinski definition) is 3. The van der Waals surface area contributed by atoms with E-state index in [0.717, 1.165) is 5.69 Å². The van der Waals surface area contributed by atoms with Crippen molar-refractivity contribution in [3.8, 4) is 5.75 Å². The minimum atomic E-state index is -0.361. The molecule has 154 valence electrons. The molecule has 0 saturated heterocycles. The largest absolute Gasteiger partial charge is 0.497 e. The molecule has 0 aliphatic rings. The van der Waals surface area contributed by atoms with Crippen molar-refractivity contribution in [1.82, 2.24) is 5.32 Å². The quantitative estimate of drug-likeness (QED) is 0.540. The second kappa shape index (κ2) is 10.5. The fourth-order valence-electron chi connectivity index (χ4n) is 2.83. The summed E-state index contributed by atoms with van der Waals surface area (Å²) in [4.78, 5) is 26.6. The predicted molar refractivity (Wildman–Crippen MR) is 119 cm³/mol. The van der Waals surface area contributed by atoms with Gasteiger partial charge in [0.25, 0.3) is 0 Å². The molecule has 0 heterocycles. The van der Waals surface area contributed by atoms with E-state index >= 15 is 0 Å². The van der Waals surface area contributed by atoms with Crippen molar-refractivity contribution in [2.45, 2.75) is 0 Å². The average Bonchev–Trinajstić information content (AvgIpc) is 2.78. The van der Waals surface area contributed by atoms with Crippen LogP contribution in [0.2, 0.25) is 0 Å². The van der Waals surface area contributed by atoms with Crippen LogP contribution in [0.1, 0.15) is 0 Å². The summed E-state index contributed by atoms with van der Waals surface area (Å²) >= 11 is 0. The minimum Gasteiger partial charge on any atom is -0.497 e. The molecule has 4 amide bonds. The van der Waals surface area contributed by atoms with Crippen LogP contribution in [0.25, 0.3) is 0 Å². The highest BCUT2D eigenvalue weighted by atomic mass is 16.5. The summed E-state index contributed by atoms with van der Waals surface area (Å²) in [5.41, 5.74) is 2.06. The molecular formula is C23H24N4O3. The second-order valence-corrected chi connectivity index (χ2v) is 6.40. The maximum absolute atomic E-state index is 12.8. The third-order valence-electron chi connectivity index (χ3n) is 4.29. The standard InChI is InChI=1S/C23H24N4O3/c1-30-21-14-8-11-19(17-21)25-22(28)24-15-16-27(20-12-6-3-7-13-20)23(29)26-18-9-4-2-5-10-18/h2-14,17H,15-16H2,1H3,(H,26,29)(H2,24,25,28). The zero-order valence-electron chi connectivity index (χ0n) is 16.7. The number of anilines is 3. The maximum atomic E-state index is 12.8. The van der Waals surface area contributed by atoms with Crippen LogP contribution in [0.4, 0.5) is 26.7 Å². The summed E-state index contributed by atoms with van der Waals surface area (Å²) in [5, 5.41) is 8.40. The van der Waals surface area contributed by atoms with Gasteiger partial charge in [-0.15, -0.1) is 0 Å². The van der Waals surface area contributed by atoms with Gasteiger partial charge < -0.3 is 20.7 Å². The van der Waals surface area contributed by atoms with E-state index in [2.05, 4.69) is 16.0 Å². The van der Waals surface area contributed by atoms with E-state index in [1.54, 1.807) is 36.3 Å². The van der Waals surface area contributed by atoms with Gasteiger partial charge in [-0.3, -0.25) is 4.90 Å². The van der Waals surface area contributed by atoms with Crippen molar-refractivity contribution in [2.75, 3.05) is 35.7 Å². The normalized spacial score (nSPS) is 10.0. The lowest BCUT2D eigenvalue weighted by Gasteiger charge is -2.23. The highest BCUT2D eigenvalue weighted by Gasteiger charge is 2.16. The van der Waals surface area contributed by atoms with Crippen molar-refractivity contribution in [2.24, 2.45) is 0 Å². The van der Waals surface area contributed by atoms with Gasteiger partial charge in [0.05, 0.1) is 7.11 Å². The van der Waals surface area contributed by atoms with E-state index in [0.29, 0.717) is 23.7 Å². The number of nitrogens with one attached hydrogen (secondary N) is 3. The molecule has 7 nitrogen and oxygen atoms in total. The number of carbonyl (C=O) groups excluding carboxylic acids is 2. The van der Waals surface area contributed by atoms with E-state index in [1.807, 2.05) is 60.7 Å². The van der Waals surface area contributed by atoms with Gasteiger partial charge in [0.1, 0.15) is 5.75 Å². The van der Waals surface area contributed by atoms with Gasteiger partial charge in [-0.25, -0.2) is 9.59 Å². The molecule has 7 heteroatoms. The number of hydrogen-bond donors (Lipinski definition) is 3. The van der Waals surface area contributed by atoms with E-state index in [9.17, 15) is 9.59 Å². The Morgan fingerprint density at radius 1 is 0.833 bits per heavy atom. The molecule has 0 unspecified atom stereocenters. The van der Waals surface area contributed by atoms with Crippen LogP contribution < -0.4 is 25.6 Å². The van der Waals surface area contributed by atoms with E-state index in [4.69, 9.17) is 4.74 Å². The molecule has 0 aliphatic heterocycles. The van der Waals surface area contributed by atoms with Crippen LogP contribution in [-0.2, 0) is 0 Å². The molecule has 3 aromatic carbocycles. The number of nitrogens with zero attached hydrogens (tertiary/aromatic N) is 1. The molecule has 0 saturated carbocycles. The van der Waals surface area contributed by atoms with Crippen LogP contribution in [0, 0.1) is 0 Å². The number of amides is 4. The number of ether oxygens (including phenoxy) is 1. The van der Waals surface area contributed by atoms with Crippen molar-refractivity contribution in [3.05, 3.63) is 84.9 Å². The fraction of sp³-hybridized carbons (Fsp3) is 0.130. The second-order valence-electron chi connectivity index (χ2n) is 6.40. The van der Waals surface area contributed by atoms with Crippen LogP contribution >= 0.6 is 0 Å². The number of rotatable bonds is 7. The molecule has 3 rings (SSSR count). The SMILES string of the molecule is COc1cccc(NC(=O)NCCN(C(=O)Nc2ccccc2)c2ccccc2)c1. The minimum absolute atomic E-state index is 0.271. The van der Waals surface area contributed by atoms with Gasteiger partial charge in [0.2, 0.25) is 0 Å². The first kappa shape index (κ1) is 20.7. The zero-order chi connectivity index (χ0) is 21.2. The molecule has 3 aromatic rings. The first-order chi connectivity index (χ1) is 14.7. The van der Waals surface area contributed by atoms with Gasteiger partial charge in [-0.2, -0.15) is 0 Å². The topological polar surface area (TPSA) is 82.7 Å². The molecule has 3 N–H and O–H groups in total. The lowest BCUT2D eigenvalue weighted by atomic mass is 10.3. The Morgan fingerprint density at radius 2 is 1.50 bits per heavy atom. The van der Waals surface area contributed by atoms with E-state index in [1.165, 1.54) is 0 Å². The third-order valence-corrected chi connectivity index (χ3v) is 4.29. The number of benzene rings is 3. The molecule has 0 aromatic heterocycles. The predicted octanol–water partition coefficient (Wildman–Crippen LogP) is 4.56. The van der Waals surface area contributed by atoms with Crippen LogP contribution in [0.3, 0.4) is 0 Å². The Morgan fingerprint density at radius 3 is 2.20 bits per heavy atom. The summed E-state index contributed by atoms with van der Waals surface area (Å²) in [7, 11) is 1.57. The molecule has 0 radical (unpaired) electrons. The van der Waals surface area contributed by atoms with Crippen molar-refractivity contribution < 1.29 is 14.3 Å². The van der Waals surface area contributed by atoms with Crippen LogP contribution in [-0.4, -0.2) is 32.3 Å². The van der Waals surface area contributed by atoms with Gasteiger partial charge in [0, 0.05) is 36.2 Å². The third kappa shape index (κ3) is 6.00. The van der Waals surface area contributed by atoms with Gasteiger partial charge in [-0.05, 0) is 36.4 Å². The molecule has 0 atom stereocenters. The Labute approximate surface area is 175 Å². The fourth-order valence-corrected chi connectivity index (χ4v) is 2.83. The first-order valence-corrected chi connectivity index (χ1v) is 9.53. The van der Waals surface area contributed by atoms with E-state index < -0.39 is 0 Å². The smallest absolute Gasteiger partial charge is 0.326 e. The van der Waals surface area contributed by atoms with Crippen molar-refractivity contribution >= 4 is 29.1 Å². The molecule has 0 fully saturated rings. The number of para-hydroxylation sites is 2. The summed E-state index contributed by atoms with van der Waals surface area (Å²) in [5.74, 6) is 0.653. The lowest BCUT2D eigenvalue weighted by molar-refractivity contribution is 0.250. The van der Waals surface area contributed by atoms with Crippen LogP contribution in [0.15, 0.2) is 84.9 Å². The van der Waals surface area contributed by atoms with Crippen molar-refractivity contribution in [1.29, 1.82) is 0 Å². The molecule has 30 heavy (non-hydrogen) atoms. The lowest BCUT2D eigenvalue weighted by Crippen LogP contribution is -2.42. The molecule has 0 bridgehead atoms. The highest BCUT2D eigenvalue weighted by molar-refractivity contribution is 6.01. The Balaban J connectivity index is 1.59. The highest BCUT2D eigenvalue weighted by Crippen LogP contribution is 2.17. The average molecular weight is 404 g/mol. The van der Waals surface area contributed by atoms with Gasteiger partial charge >= 0.3 is 12.1 Å². The Bertz CT molecular complexity index is 964. The number of methoxy groups -OCH3 is 1. The van der Waals surface area contributed by atoms with Crippen LogP contribution in [0.5, 0.6) is 5.75 Å². The molecule has 0 spiro atoms. The van der Waals surface area contributed by atoms with Gasteiger partial charge in [-0.1, -0.05) is 42.5 Å². The molecule has 0 aliphatic carbocycles. The van der Waals surface area contributed by atoms with Crippen molar-refractivity contribution in [3.63, 3.8) is 0 Å².